The topological polar surface area (TPSA) is 29.5 Å². The number of rotatable bonds is 2. The molecule has 0 saturated heterocycles. The smallest absolute Gasteiger partial charge is 0.265 e. The van der Waals surface area contributed by atoms with Gasteiger partial charge in [-0.1, -0.05) is 35.9 Å². The number of amides is 1. The number of hydrogen-bond donors (Lipinski definition) is 0. The van der Waals surface area contributed by atoms with Crippen molar-refractivity contribution in [3.05, 3.63) is 58.6 Å². The van der Waals surface area contributed by atoms with Gasteiger partial charge in [0, 0.05) is 5.02 Å². The average molecular weight is 288 g/mol. The van der Waals surface area contributed by atoms with Crippen LogP contribution in [0.25, 0.3) is 0 Å². The van der Waals surface area contributed by atoms with Gasteiger partial charge in [-0.05, 0) is 36.2 Å². The molecule has 0 aliphatic carbocycles. The van der Waals surface area contributed by atoms with Crippen LogP contribution >= 0.6 is 11.6 Å². The Kier molecular flexibility index (Phi) is 3.36. The third-order valence-corrected chi connectivity index (χ3v) is 3.69. The first kappa shape index (κ1) is 13.0. The first-order valence-corrected chi connectivity index (χ1v) is 6.80. The Bertz CT molecular complexity index is 669. The van der Waals surface area contributed by atoms with Crippen molar-refractivity contribution in [3.63, 3.8) is 0 Å². The zero-order chi connectivity index (χ0) is 14.1. The molecule has 0 saturated carbocycles. The van der Waals surface area contributed by atoms with Gasteiger partial charge in [0.2, 0.25) is 0 Å². The van der Waals surface area contributed by atoms with E-state index < -0.39 is 0 Å². The molecule has 102 valence electrons. The van der Waals surface area contributed by atoms with Crippen molar-refractivity contribution in [3.8, 4) is 5.75 Å². The molecule has 0 aromatic heterocycles. The standard InChI is InChI=1S/C16H14ClNO2/c1-11-4-2-3-5-12(11)9-18-14-8-13(17)6-7-15(14)20-10-16(18)19/h2-8H,9-10H2,1H3. The maximum absolute atomic E-state index is 12.1. The summed E-state index contributed by atoms with van der Waals surface area (Å²) in [5, 5.41) is 0.594. The first-order valence-electron chi connectivity index (χ1n) is 6.42. The van der Waals surface area contributed by atoms with Crippen LogP contribution in [0.5, 0.6) is 5.75 Å². The van der Waals surface area contributed by atoms with Gasteiger partial charge < -0.3 is 9.64 Å². The van der Waals surface area contributed by atoms with Crippen LogP contribution in [0, 0.1) is 6.92 Å². The lowest BCUT2D eigenvalue weighted by molar-refractivity contribution is -0.121. The molecule has 2 aromatic carbocycles. The fraction of sp³-hybridized carbons (Fsp3) is 0.188. The minimum Gasteiger partial charge on any atom is -0.482 e. The molecule has 0 bridgehead atoms. The second-order valence-corrected chi connectivity index (χ2v) is 5.24. The zero-order valence-electron chi connectivity index (χ0n) is 11.1. The molecule has 20 heavy (non-hydrogen) atoms. The Balaban J connectivity index is 1.99. The minimum absolute atomic E-state index is 0.0528. The highest BCUT2D eigenvalue weighted by atomic mass is 35.5. The van der Waals surface area contributed by atoms with E-state index in [1.807, 2.05) is 31.2 Å². The highest BCUT2D eigenvalue weighted by Crippen LogP contribution is 2.35. The molecule has 3 rings (SSSR count). The summed E-state index contributed by atoms with van der Waals surface area (Å²) in [5.74, 6) is 0.644. The van der Waals surface area contributed by atoms with Crippen LogP contribution in [0.1, 0.15) is 11.1 Å². The van der Waals surface area contributed by atoms with Gasteiger partial charge in [0.05, 0.1) is 12.2 Å². The van der Waals surface area contributed by atoms with Crippen molar-refractivity contribution < 1.29 is 9.53 Å². The van der Waals surface area contributed by atoms with Crippen molar-refractivity contribution in [2.45, 2.75) is 13.5 Å². The summed E-state index contributed by atoms with van der Waals surface area (Å²) in [5.41, 5.74) is 3.01. The number of halogens is 1. The minimum atomic E-state index is -0.0528. The van der Waals surface area contributed by atoms with E-state index in [2.05, 4.69) is 0 Å². The third-order valence-electron chi connectivity index (χ3n) is 3.45. The second-order valence-electron chi connectivity index (χ2n) is 4.81. The summed E-state index contributed by atoms with van der Waals surface area (Å²) in [4.78, 5) is 13.9. The number of fused-ring (bicyclic) bond motifs is 1. The normalized spacial score (nSPS) is 13.9. The quantitative estimate of drug-likeness (QED) is 0.845. The number of carbonyl (C=O) groups is 1. The third kappa shape index (κ3) is 2.37. The van der Waals surface area contributed by atoms with Gasteiger partial charge in [-0.2, -0.15) is 0 Å². The van der Waals surface area contributed by atoms with Crippen LogP contribution < -0.4 is 9.64 Å². The lowest BCUT2D eigenvalue weighted by Crippen LogP contribution is -2.38. The van der Waals surface area contributed by atoms with Crippen LogP contribution in [-0.4, -0.2) is 12.5 Å². The largest absolute Gasteiger partial charge is 0.482 e. The summed E-state index contributed by atoms with van der Waals surface area (Å²) in [6.45, 7) is 2.64. The molecule has 0 unspecified atom stereocenters. The highest BCUT2D eigenvalue weighted by molar-refractivity contribution is 6.31. The average Bonchev–Trinajstić information content (AvgIpc) is 2.44. The van der Waals surface area contributed by atoms with Crippen molar-refractivity contribution in [1.82, 2.24) is 0 Å². The van der Waals surface area contributed by atoms with E-state index in [0.29, 0.717) is 17.3 Å². The van der Waals surface area contributed by atoms with Crippen molar-refractivity contribution in [2.75, 3.05) is 11.5 Å². The van der Waals surface area contributed by atoms with Gasteiger partial charge in [-0.25, -0.2) is 0 Å². The van der Waals surface area contributed by atoms with Crippen LogP contribution in [0.4, 0.5) is 5.69 Å². The Labute approximate surface area is 122 Å². The van der Waals surface area contributed by atoms with Gasteiger partial charge in [0.15, 0.2) is 6.61 Å². The van der Waals surface area contributed by atoms with E-state index in [0.717, 1.165) is 16.8 Å². The summed E-state index contributed by atoms with van der Waals surface area (Å²) in [6, 6.07) is 13.4. The van der Waals surface area contributed by atoms with Crippen LogP contribution in [0.2, 0.25) is 5.02 Å². The van der Waals surface area contributed by atoms with E-state index in [4.69, 9.17) is 16.3 Å². The Morgan fingerprint density at radius 1 is 1.25 bits per heavy atom. The van der Waals surface area contributed by atoms with E-state index in [1.165, 1.54) is 0 Å². The van der Waals surface area contributed by atoms with Crippen LogP contribution in [0.15, 0.2) is 42.5 Å². The Morgan fingerprint density at radius 2 is 2.05 bits per heavy atom. The molecule has 0 fully saturated rings. The Hall–Kier alpha value is -2.00. The van der Waals surface area contributed by atoms with E-state index in [1.54, 1.807) is 23.1 Å². The fourth-order valence-corrected chi connectivity index (χ4v) is 2.47. The second kappa shape index (κ2) is 5.17. The van der Waals surface area contributed by atoms with Gasteiger partial charge in [0.25, 0.3) is 5.91 Å². The fourth-order valence-electron chi connectivity index (χ4n) is 2.31. The molecule has 1 heterocycles. The zero-order valence-corrected chi connectivity index (χ0v) is 11.9. The van der Waals surface area contributed by atoms with Crippen molar-refractivity contribution in [2.24, 2.45) is 0 Å². The number of ether oxygens (including phenoxy) is 1. The number of nitrogens with zero attached hydrogens (tertiary/aromatic N) is 1. The molecule has 3 nitrogen and oxygen atoms in total. The lowest BCUT2D eigenvalue weighted by atomic mass is 10.1. The van der Waals surface area contributed by atoms with E-state index in [-0.39, 0.29) is 12.5 Å². The van der Waals surface area contributed by atoms with Gasteiger partial charge in [-0.3, -0.25) is 4.79 Å². The monoisotopic (exact) mass is 287 g/mol. The van der Waals surface area contributed by atoms with Gasteiger partial charge in [-0.15, -0.1) is 0 Å². The molecule has 0 atom stereocenters. The Morgan fingerprint density at radius 3 is 2.85 bits per heavy atom. The molecule has 1 amide bonds. The predicted octanol–water partition coefficient (Wildman–Crippen LogP) is 3.57. The summed E-state index contributed by atoms with van der Waals surface area (Å²) in [7, 11) is 0. The van der Waals surface area contributed by atoms with Crippen molar-refractivity contribution in [1.29, 1.82) is 0 Å². The lowest BCUT2D eigenvalue weighted by Gasteiger charge is -2.30. The van der Waals surface area contributed by atoms with E-state index in [9.17, 15) is 4.79 Å². The van der Waals surface area contributed by atoms with Crippen molar-refractivity contribution >= 4 is 23.2 Å². The number of anilines is 1. The molecular formula is C16H14ClNO2. The SMILES string of the molecule is Cc1ccccc1CN1C(=O)COc2ccc(Cl)cc21. The number of carbonyl (C=O) groups excluding carboxylic acids is 1. The summed E-state index contributed by atoms with van der Waals surface area (Å²) in [6.07, 6.45) is 0. The molecule has 0 spiro atoms. The van der Waals surface area contributed by atoms with E-state index >= 15 is 0 Å². The van der Waals surface area contributed by atoms with Gasteiger partial charge in [0.1, 0.15) is 5.75 Å². The molecule has 0 radical (unpaired) electrons. The summed E-state index contributed by atoms with van der Waals surface area (Å²) >= 11 is 6.03. The number of aryl methyl sites for hydroxylation is 1. The molecule has 1 aliphatic heterocycles. The van der Waals surface area contributed by atoms with Gasteiger partial charge >= 0.3 is 0 Å². The number of hydrogen-bond acceptors (Lipinski definition) is 2. The molecule has 2 aromatic rings. The highest BCUT2D eigenvalue weighted by Gasteiger charge is 2.26. The molecule has 1 aliphatic rings. The maximum Gasteiger partial charge on any atom is 0.265 e. The van der Waals surface area contributed by atoms with Crippen LogP contribution in [0.3, 0.4) is 0 Å². The maximum atomic E-state index is 12.1. The molecule has 0 N–H and O–H groups in total. The summed E-state index contributed by atoms with van der Waals surface area (Å²) < 4.78 is 5.44. The number of benzene rings is 2. The molecular weight excluding hydrogens is 274 g/mol. The first-order chi connectivity index (χ1) is 9.65. The van der Waals surface area contributed by atoms with Crippen LogP contribution in [-0.2, 0) is 11.3 Å². The molecule has 4 heteroatoms. The predicted molar refractivity (Wildman–Crippen MR) is 79.3 cm³/mol.